The molecule has 3 aromatic rings. The van der Waals surface area contributed by atoms with E-state index in [1.807, 2.05) is 37.4 Å². The number of rotatable bonds is 3. The largest absolute Gasteiger partial charge is 0.494 e. The van der Waals surface area contributed by atoms with E-state index < -0.39 is 23.2 Å². The molecule has 1 atom stereocenters. The summed E-state index contributed by atoms with van der Waals surface area (Å²) >= 11 is 0. The third kappa shape index (κ3) is 2.86. The van der Waals surface area contributed by atoms with E-state index in [2.05, 4.69) is 14.7 Å². The van der Waals surface area contributed by atoms with Crippen molar-refractivity contribution in [3.8, 4) is 5.88 Å². The summed E-state index contributed by atoms with van der Waals surface area (Å²) < 4.78 is 3.03. The van der Waals surface area contributed by atoms with Crippen LogP contribution in [0.25, 0.3) is 10.9 Å². The van der Waals surface area contributed by atoms with E-state index in [1.54, 1.807) is 0 Å². The van der Waals surface area contributed by atoms with Crippen molar-refractivity contribution in [3.05, 3.63) is 62.4 Å². The summed E-state index contributed by atoms with van der Waals surface area (Å²) in [6.45, 7) is 4.21. The number of carbonyl (C=O) groups excluding carboxylic acids is 1. The van der Waals surface area contributed by atoms with E-state index in [0.717, 1.165) is 27.6 Å². The number of aromatic nitrogens is 3. The summed E-state index contributed by atoms with van der Waals surface area (Å²) in [5.41, 5.74) is 0.667. The molecule has 2 N–H and O–H groups in total. The van der Waals surface area contributed by atoms with E-state index in [-0.39, 0.29) is 23.6 Å². The highest BCUT2D eigenvalue weighted by atomic mass is 16.3. The maximum Gasteiger partial charge on any atom is 0.330 e. The average molecular weight is 395 g/mol. The predicted octanol–water partition coefficient (Wildman–Crippen LogP) is 1.45. The summed E-state index contributed by atoms with van der Waals surface area (Å²) in [6, 6.07) is 7.48. The zero-order valence-corrected chi connectivity index (χ0v) is 16.3. The lowest BCUT2D eigenvalue weighted by atomic mass is 9.98. The van der Waals surface area contributed by atoms with Gasteiger partial charge >= 0.3 is 5.69 Å². The summed E-state index contributed by atoms with van der Waals surface area (Å²) in [5.74, 6) is -0.753. The predicted molar refractivity (Wildman–Crippen MR) is 108 cm³/mol. The lowest BCUT2D eigenvalue weighted by molar-refractivity contribution is -0.130. The van der Waals surface area contributed by atoms with Crippen LogP contribution < -0.4 is 11.2 Å². The molecule has 4 rings (SSSR count). The number of nitrogens with zero attached hydrogens (tertiary/aromatic N) is 4. The molecule has 29 heavy (non-hydrogen) atoms. The quantitative estimate of drug-likeness (QED) is 0.699. The first kappa shape index (κ1) is 18.7. The molecular weight excluding hydrogens is 374 g/mol. The van der Waals surface area contributed by atoms with E-state index in [9.17, 15) is 19.5 Å². The molecule has 1 aliphatic rings. The highest BCUT2D eigenvalue weighted by Gasteiger charge is 2.35. The van der Waals surface area contributed by atoms with E-state index in [4.69, 9.17) is 0 Å². The number of para-hydroxylation sites is 1. The van der Waals surface area contributed by atoms with E-state index >= 15 is 0 Å². The van der Waals surface area contributed by atoms with Crippen molar-refractivity contribution in [2.24, 2.45) is 12.1 Å². The number of aromatic hydroxyl groups is 1. The highest BCUT2D eigenvalue weighted by molar-refractivity contribution is 6.04. The molecule has 9 nitrogen and oxygen atoms in total. The van der Waals surface area contributed by atoms with Gasteiger partial charge in [0.05, 0.1) is 11.8 Å². The number of aryl methyl sites for hydroxylation is 1. The second-order valence-corrected chi connectivity index (χ2v) is 7.03. The third-order valence-corrected chi connectivity index (χ3v) is 5.33. The van der Waals surface area contributed by atoms with Crippen molar-refractivity contribution in [2.45, 2.75) is 32.9 Å². The topological polar surface area (TPSA) is 113 Å². The van der Waals surface area contributed by atoms with Crippen LogP contribution in [0.1, 0.15) is 37.4 Å². The molecule has 1 aliphatic heterocycles. The lowest BCUT2D eigenvalue weighted by Gasteiger charge is -2.19. The van der Waals surface area contributed by atoms with Crippen LogP contribution in [0.15, 0.2) is 45.2 Å². The number of aromatic amines is 1. The molecule has 2 aromatic heterocycles. The van der Waals surface area contributed by atoms with E-state index in [0.29, 0.717) is 0 Å². The third-order valence-electron chi connectivity index (χ3n) is 5.33. The maximum atomic E-state index is 12.4. The molecule has 0 saturated heterocycles. The van der Waals surface area contributed by atoms with Crippen molar-refractivity contribution < 1.29 is 9.90 Å². The first-order chi connectivity index (χ1) is 13.8. The molecule has 9 heteroatoms. The number of carbonyl (C=O) groups is 1. The number of fused-ring (bicyclic) bond motifs is 1. The molecule has 0 aliphatic carbocycles. The fourth-order valence-corrected chi connectivity index (χ4v) is 3.87. The average Bonchev–Trinajstić information content (AvgIpc) is 3.28. The minimum Gasteiger partial charge on any atom is -0.494 e. The Labute approximate surface area is 165 Å². The minimum atomic E-state index is -0.732. The van der Waals surface area contributed by atoms with Gasteiger partial charge in [-0.2, -0.15) is 5.10 Å². The number of hydrazone groups is 1. The van der Waals surface area contributed by atoms with Gasteiger partial charge in [0.25, 0.3) is 5.56 Å². The fourth-order valence-electron chi connectivity index (χ4n) is 3.87. The molecule has 3 heterocycles. The summed E-state index contributed by atoms with van der Waals surface area (Å²) in [4.78, 5) is 38.6. The number of hydrogen-bond donors (Lipinski definition) is 2. The van der Waals surface area contributed by atoms with Gasteiger partial charge in [0.1, 0.15) is 5.56 Å². The monoisotopic (exact) mass is 395 g/mol. The summed E-state index contributed by atoms with van der Waals surface area (Å²) in [7, 11) is 1.35. The number of nitrogens with one attached hydrogen (secondary N) is 1. The Morgan fingerprint density at radius 3 is 2.72 bits per heavy atom. The number of H-pyrrole nitrogens is 1. The molecule has 0 saturated carbocycles. The van der Waals surface area contributed by atoms with Crippen molar-refractivity contribution in [1.29, 1.82) is 0 Å². The van der Waals surface area contributed by atoms with Crippen molar-refractivity contribution in [3.63, 3.8) is 0 Å². The Kier molecular flexibility index (Phi) is 4.37. The van der Waals surface area contributed by atoms with Gasteiger partial charge in [0, 0.05) is 49.6 Å². The molecular formula is C20H21N5O4. The number of hydrogen-bond acceptors (Lipinski definition) is 5. The SMILES string of the molecule is CCn1cc(C2CC(c3c(O)n(C)c(=O)[nH]c3=O)=NN2C(C)=O)c2ccccc21. The highest BCUT2D eigenvalue weighted by Crippen LogP contribution is 2.37. The van der Waals surface area contributed by atoms with Gasteiger partial charge in [0.15, 0.2) is 0 Å². The van der Waals surface area contributed by atoms with Crippen LogP contribution >= 0.6 is 0 Å². The van der Waals surface area contributed by atoms with Crippen LogP contribution in [0.3, 0.4) is 0 Å². The van der Waals surface area contributed by atoms with Gasteiger partial charge in [0.2, 0.25) is 11.8 Å². The van der Waals surface area contributed by atoms with Gasteiger partial charge in [-0.25, -0.2) is 9.80 Å². The Morgan fingerprint density at radius 2 is 2.03 bits per heavy atom. The lowest BCUT2D eigenvalue weighted by Crippen LogP contribution is -2.32. The van der Waals surface area contributed by atoms with Gasteiger partial charge in [-0.15, -0.1) is 0 Å². The van der Waals surface area contributed by atoms with Crippen LogP contribution in [0.5, 0.6) is 5.88 Å². The van der Waals surface area contributed by atoms with Crippen LogP contribution in [0.2, 0.25) is 0 Å². The van der Waals surface area contributed by atoms with Crippen molar-refractivity contribution in [2.75, 3.05) is 0 Å². The Hall–Kier alpha value is -3.62. The summed E-state index contributed by atoms with van der Waals surface area (Å²) in [6.07, 6.45) is 2.24. The molecule has 0 radical (unpaired) electrons. The second-order valence-electron chi connectivity index (χ2n) is 7.03. The molecule has 0 fully saturated rings. The Bertz CT molecular complexity index is 1280. The van der Waals surface area contributed by atoms with E-state index in [1.165, 1.54) is 19.0 Å². The standard InChI is InChI=1S/C20H21N5O4/c1-4-24-10-13(12-7-5-6-8-15(12)24)16-9-14(22-25(16)11(2)26)17-18(27)21-20(29)23(3)19(17)28/h5-8,10,16,28H,4,9H2,1-3H3,(H,21,27,29). The zero-order valence-electron chi connectivity index (χ0n) is 16.3. The first-order valence-electron chi connectivity index (χ1n) is 9.31. The van der Waals surface area contributed by atoms with Gasteiger partial charge in [-0.1, -0.05) is 18.2 Å². The molecule has 0 bridgehead atoms. The van der Waals surface area contributed by atoms with Crippen LogP contribution in [-0.2, 0) is 18.4 Å². The minimum absolute atomic E-state index is 0.0971. The molecule has 1 amide bonds. The zero-order chi connectivity index (χ0) is 20.9. The summed E-state index contributed by atoms with van der Waals surface area (Å²) in [5, 5.41) is 17.1. The van der Waals surface area contributed by atoms with Crippen LogP contribution in [0, 0.1) is 0 Å². The van der Waals surface area contributed by atoms with Gasteiger partial charge < -0.3 is 9.67 Å². The van der Waals surface area contributed by atoms with Gasteiger partial charge in [-0.3, -0.25) is 19.1 Å². The molecule has 0 spiro atoms. The molecule has 1 unspecified atom stereocenters. The maximum absolute atomic E-state index is 12.4. The van der Waals surface area contributed by atoms with Crippen molar-refractivity contribution in [1.82, 2.24) is 19.1 Å². The Morgan fingerprint density at radius 1 is 1.31 bits per heavy atom. The van der Waals surface area contributed by atoms with Crippen LogP contribution in [0.4, 0.5) is 0 Å². The Balaban J connectivity index is 1.86. The first-order valence-corrected chi connectivity index (χ1v) is 9.31. The fraction of sp³-hybridized carbons (Fsp3) is 0.300. The molecule has 1 aromatic carbocycles. The van der Waals surface area contributed by atoms with Crippen LogP contribution in [-0.4, -0.2) is 35.9 Å². The van der Waals surface area contributed by atoms with Crippen molar-refractivity contribution >= 4 is 22.5 Å². The number of amides is 1. The van der Waals surface area contributed by atoms with Gasteiger partial charge in [-0.05, 0) is 13.0 Å². The normalized spacial score (nSPS) is 16.4. The number of benzene rings is 1. The second kappa shape index (κ2) is 6.77. The smallest absolute Gasteiger partial charge is 0.330 e. The molecule has 150 valence electrons.